The largest absolute Gasteiger partial charge is 0.462 e. The number of imidazole rings is 1. The molecule has 0 atom stereocenters. The van der Waals surface area contributed by atoms with E-state index in [1.807, 2.05) is 24.3 Å². The Morgan fingerprint density at radius 3 is 2.55 bits per heavy atom. The Morgan fingerprint density at radius 2 is 1.82 bits per heavy atom. The monoisotopic (exact) mass is 512 g/mol. The average molecular weight is 513 g/mol. The molecule has 9 nitrogen and oxygen atoms in total. The second-order valence-electron chi connectivity index (χ2n) is 7.34. The fourth-order valence-electron chi connectivity index (χ4n) is 3.48. The Balaban J connectivity index is 1.87. The molecule has 0 aliphatic carbocycles. The van der Waals surface area contributed by atoms with Gasteiger partial charge >= 0.3 is 17.7 Å². The van der Waals surface area contributed by atoms with E-state index in [1.54, 1.807) is 36.7 Å². The molecule has 2 heterocycles. The molecule has 0 aliphatic heterocycles. The van der Waals surface area contributed by atoms with E-state index in [2.05, 4.69) is 20.9 Å². The zero-order valence-electron chi connectivity index (χ0n) is 18.2. The molecule has 10 heteroatoms. The van der Waals surface area contributed by atoms with Crippen molar-refractivity contribution >= 4 is 33.1 Å². The van der Waals surface area contributed by atoms with Gasteiger partial charge in [0.05, 0.1) is 18.7 Å². The quantitative estimate of drug-likeness (QED) is 0.368. The number of aromatic nitrogens is 4. The number of fused-ring (bicyclic) bond motifs is 1. The van der Waals surface area contributed by atoms with Gasteiger partial charge in [0.1, 0.15) is 5.75 Å². The molecular weight excluding hydrogens is 492 g/mol. The summed E-state index contributed by atoms with van der Waals surface area (Å²) in [6.45, 7) is 2.26. The molecule has 0 unspecified atom stereocenters. The van der Waals surface area contributed by atoms with Crippen LogP contribution in [0.15, 0.2) is 62.6 Å². The van der Waals surface area contributed by atoms with Crippen LogP contribution < -0.4 is 16.0 Å². The fourth-order valence-corrected chi connectivity index (χ4v) is 3.92. The van der Waals surface area contributed by atoms with Crippen LogP contribution in [-0.4, -0.2) is 31.3 Å². The van der Waals surface area contributed by atoms with Gasteiger partial charge < -0.3 is 9.47 Å². The summed E-state index contributed by atoms with van der Waals surface area (Å²) in [6.07, 6.45) is 0. The second-order valence-corrected chi connectivity index (χ2v) is 8.25. The molecule has 0 radical (unpaired) electrons. The third kappa shape index (κ3) is 4.34. The molecule has 0 amide bonds. The number of aryl methyl sites for hydroxylation is 1. The SMILES string of the molecule is CCOC(=O)c1cccc(Oc2nc3c(c(=O)n(C)c(=O)n3C)n2Cc2cccc(Br)c2)c1. The summed E-state index contributed by atoms with van der Waals surface area (Å²) in [4.78, 5) is 42.0. The van der Waals surface area contributed by atoms with Crippen molar-refractivity contribution in [3.8, 4) is 11.8 Å². The molecule has 4 rings (SSSR count). The van der Waals surface area contributed by atoms with E-state index in [0.29, 0.717) is 11.3 Å². The molecule has 2 aromatic heterocycles. The molecule has 33 heavy (non-hydrogen) atoms. The number of hydrogen-bond donors (Lipinski definition) is 0. The van der Waals surface area contributed by atoms with Gasteiger partial charge in [0.2, 0.25) is 0 Å². The number of hydrogen-bond acceptors (Lipinski definition) is 6. The standard InChI is InChI=1S/C23H21BrN4O5/c1-4-32-21(30)15-8-6-10-17(12-15)33-22-25-19-18(20(29)27(3)23(31)26(19)2)28(22)13-14-7-5-9-16(24)11-14/h5-12H,4,13H2,1-3H3. The number of nitrogens with zero attached hydrogens (tertiary/aromatic N) is 4. The fraction of sp³-hybridized carbons (Fsp3) is 0.217. The number of halogens is 1. The van der Waals surface area contributed by atoms with Crippen molar-refractivity contribution in [2.45, 2.75) is 13.5 Å². The summed E-state index contributed by atoms with van der Waals surface area (Å²) in [7, 11) is 2.97. The van der Waals surface area contributed by atoms with Crippen LogP contribution in [0.5, 0.6) is 11.8 Å². The smallest absolute Gasteiger partial charge is 0.338 e. The predicted octanol–water partition coefficient (Wildman–Crippen LogP) is 3.21. The van der Waals surface area contributed by atoms with Crippen molar-refractivity contribution in [2.75, 3.05) is 6.61 Å². The summed E-state index contributed by atoms with van der Waals surface area (Å²) in [5.74, 6) is -0.130. The maximum atomic E-state index is 13.0. The molecule has 0 aliphatic rings. The van der Waals surface area contributed by atoms with Gasteiger partial charge in [0.15, 0.2) is 11.2 Å². The van der Waals surface area contributed by atoms with Crippen LogP contribution in [0.25, 0.3) is 11.2 Å². The van der Waals surface area contributed by atoms with E-state index in [0.717, 1.165) is 14.6 Å². The third-order valence-corrected chi connectivity index (χ3v) is 5.59. The minimum absolute atomic E-state index is 0.115. The highest BCUT2D eigenvalue weighted by atomic mass is 79.9. The number of carbonyl (C=O) groups is 1. The van der Waals surface area contributed by atoms with Crippen LogP contribution in [0.3, 0.4) is 0 Å². The first-order valence-electron chi connectivity index (χ1n) is 10.2. The van der Waals surface area contributed by atoms with Gasteiger partial charge in [-0.1, -0.05) is 34.1 Å². The van der Waals surface area contributed by atoms with Crippen LogP contribution in [0.1, 0.15) is 22.8 Å². The van der Waals surface area contributed by atoms with Crippen molar-refractivity contribution in [1.29, 1.82) is 0 Å². The van der Waals surface area contributed by atoms with E-state index >= 15 is 0 Å². The average Bonchev–Trinajstić information content (AvgIpc) is 3.14. The molecule has 0 bridgehead atoms. The highest BCUT2D eigenvalue weighted by Gasteiger charge is 2.21. The number of esters is 1. The third-order valence-electron chi connectivity index (χ3n) is 5.10. The summed E-state index contributed by atoms with van der Waals surface area (Å²) >= 11 is 3.46. The zero-order chi connectivity index (χ0) is 23.7. The van der Waals surface area contributed by atoms with Crippen LogP contribution in [0, 0.1) is 0 Å². The van der Waals surface area contributed by atoms with Gasteiger partial charge in [-0.2, -0.15) is 4.98 Å². The summed E-state index contributed by atoms with van der Waals surface area (Å²) in [5.41, 5.74) is 0.684. The van der Waals surface area contributed by atoms with E-state index < -0.39 is 17.2 Å². The van der Waals surface area contributed by atoms with E-state index in [1.165, 1.54) is 17.7 Å². The van der Waals surface area contributed by atoms with Crippen molar-refractivity contribution < 1.29 is 14.3 Å². The van der Waals surface area contributed by atoms with Gasteiger partial charge in [-0.25, -0.2) is 9.59 Å². The number of rotatable bonds is 6. The first kappa shape index (κ1) is 22.5. The minimum atomic E-state index is -0.490. The van der Waals surface area contributed by atoms with E-state index in [9.17, 15) is 14.4 Å². The Kier molecular flexibility index (Phi) is 6.19. The van der Waals surface area contributed by atoms with Gasteiger partial charge in [-0.3, -0.25) is 18.5 Å². The van der Waals surface area contributed by atoms with E-state index in [-0.39, 0.29) is 30.3 Å². The Labute approximate surface area is 196 Å². The molecule has 0 saturated carbocycles. The van der Waals surface area contributed by atoms with Gasteiger partial charge in [-0.05, 0) is 42.8 Å². The zero-order valence-corrected chi connectivity index (χ0v) is 19.8. The summed E-state index contributed by atoms with van der Waals surface area (Å²) < 4.78 is 15.9. The van der Waals surface area contributed by atoms with Crippen molar-refractivity contribution in [3.05, 3.63) is 85.0 Å². The molecule has 0 N–H and O–H groups in total. The van der Waals surface area contributed by atoms with Crippen molar-refractivity contribution in [1.82, 2.24) is 18.7 Å². The number of ether oxygens (including phenoxy) is 2. The first-order valence-corrected chi connectivity index (χ1v) is 10.9. The molecule has 2 aromatic carbocycles. The molecule has 0 fully saturated rings. The molecule has 0 spiro atoms. The molecule has 170 valence electrons. The second kappa shape index (κ2) is 9.07. The lowest BCUT2D eigenvalue weighted by atomic mass is 10.2. The number of carbonyl (C=O) groups excluding carboxylic acids is 1. The molecule has 4 aromatic rings. The minimum Gasteiger partial charge on any atom is -0.462 e. The van der Waals surface area contributed by atoms with Crippen LogP contribution in [0.4, 0.5) is 0 Å². The maximum absolute atomic E-state index is 13.0. The first-order chi connectivity index (χ1) is 15.8. The lowest BCUT2D eigenvalue weighted by Gasteiger charge is -2.11. The van der Waals surface area contributed by atoms with Crippen molar-refractivity contribution in [2.24, 2.45) is 14.1 Å². The highest BCUT2D eigenvalue weighted by molar-refractivity contribution is 9.10. The Morgan fingerprint density at radius 1 is 1.06 bits per heavy atom. The highest BCUT2D eigenvalue weighted by Crippen LogP contribution is 2.26. The molecular formula is C23H21BrN4O5. The van der Waals surface area contributed by atoms with Crippen LogP contribution in [0.2, 0.25) is 0 Å². The van der Waals surface area contributed by atoms with Gasteiger partial charge in [0, 0.05) is 18.6 Å². The predicted molar refractivity (Wildman–Crippen MR) is 126 cm³/mol. The Hall–Kier alpha value is -3.66. The summed E-state index contributed by atoms with van der Waals surface area (Å²) in [6, 6.07) is 14.2. The van der Waals surface area contributed by atoms with E-state index in [4.69, 9.17) is 9.47 Å². The van der Waals surface area contributed by atoms with Crippen LogP contribution >= 0.6 is 15.9 Å². The number of benzene rings is 2. The normalized spacial score (nSPS) is 11.0. The van der Waals surface area contributed by atoms with Gasteiger partial charge in [0.25, 0.3) is 5.56 Å². The summed E-state index contributed by atoms with van der Waals surface area (Å²) in [5, 5.41) is 0. The molecule has 0 saturated heterocycles. The van der Waals surface area contributed by atoms with Crippen LogP contribution in [-0.2, 0) is 25.4 Å². The topological polar surface area (TPSA) is 97.4 Å². The lowest BCUT2D eigenvalue weighted by Crippen LogP contribution is -2.37. The Bertz CT molecular complexity index is 1480. The van der Waals surface area contributed by atoms with Crippen molar-refractivity contribution in [3.63, 3.8) is 0 Å². The van der Waals surface area contributed by atoms with Gasteiger partial charge in [-0.15, -0.1) is 0 Å². The lowest BCUT2D eigenvalue weighted by molar-refractivity contribution is 0.0526. The maximum Gasteiger partial charge on any atom is 0.338 e.